The van der Waals surface area contributed by atoms with Gasteiger partial charge in [0, 0.05) is 0 Å². The summed E-state index contributed by atoms with van der Waals surface area (Å²) in [6.45, 7) is 2.14. The van der Waals surface area contributed by atoms with Crippen molar-refractivity contribution in [2.75, 3.05) is 24.6 Å². The molecule has 2 rings (SSSR count). The Labute approximate surface area is 79.8 Å². The van der Waals surface area contributed by atoms with Crippen molar-refractivity contribution in [2.45, 2.75) is 19.3 Å². The molecule has 0 spiro atoms. The monoisotopic (exact) mass is 203 g/mol. The first-order chi connectivity index (χ1) is 6.17. The Balaban J connectivity index is 1.95. The van der Waals surface area contributed by atoms with E-state index < -0.39 is 9.84 Å². The first kappa shape index (κ1) is 9.46. The van der Waals surface area contributed by atoms with Crippen molar-refractivity contribution in [1.29, 1.82) is 0 Å². The van der Waals surface area contributed by atoms with Gasteiger partial charge in [0.05, 0.1) is 11.5 Å². The lowest BCUT2D eigenvalue weighted by Gasteiger charge is -2.27. The molecule has 0 radical (unpaired) electrons. The SMILES string of the molecule is O=S1(=O)CCC(C2CCCNC2)C1. The summed E-state index contributed by atoms with van der Waals surface area (Å²) < 4.78 is 22.5. The van der Waals surface area contributed by atoms with E-state index in [2.05, 4.69) is 5.32 Å². The lowest BCUT2D eigenvalue weighted by Crippen LogP contribution is -2.34. The largest absolute Gasteiger partial charge is 0.316 e. The molecule has 13 heavy (non-hydrogen) atoms. The molecular formula is C9H17NO2S. The molecular weight excluding hydrogens is 186 g/mol. The summed E-state index contributed by atoms with van der Waals surface area (Å²) in [4.78, 5) is 0. The minimum Gasteiger partial charge on any atom is -0.316 e. The normalized spacial score (nSPS) is 39.1. The first-order valence-corrected chi connectivity index (χ1v) is 6.91. The Kier molecular flexibility index (Phi) is 2.60. The van der Waals surface area contributed by atoms with Gasteiger partial charge in [0.1, 0.15) is 0 Å². The van der Waals surface area contributed by atoms with Crippen LogP contribution < -0.4 is 5.32 Å². The molecule has 0 aromatic heterocycles. The predicted molar refractivity (Wildman–Crippen MR) is 52.4 cm³/mol. The van der Waals surface area contributed by atoms with E-state index in [-0.39, 0.29) is 0 Å². The summed E-state index contributed by atoms with van der Waals surface area (Å²) in [7, 11) is -2.67. The van der Waals surface area contributed by atoms with E-state index in [9.17, 15) is 8.42 Å². The van der Waals surface area contributed by atoms with E-state index in [0.29, 0.717) is 23.3 Å². The van der Waals surface area contributed by atoms with Crippen LogP contribution in [-0.4, -0.2) is 33.0 Å². The van der Waals surface area contributed by atoms with Crippen molar-refractivity contribution >= 4 is 9.84 Å². The highest BCUT2D eigenvalue weighted by Crippen LogP contribution is 2.29. The van der Waals surface area contributed by atoms with Gasteiger partial charge in [-0.05, 0) is 44.2 Å². The van der Waals surface area contributed by atoms with E-state index in [1.54, 1.807) is 0 Å². The molecule has 2 unspecified atom stereocenters. The number of piperidine rings is 1. The van der Waals surface area contributed by atoms with Gasteiger partial charge in [-0.1, -0.05) is 0 Å². The summed E-state index contributed by atoms with van der Waals surface area (Å²) >= 11 is 0. The second kappa shape index (κ2) is 3.58. The molecule has 2 saturated heterocycles. The van der Waals surface area contributed by atoms with Crippen LogP contribution in [0.25, 0.3) is 0 Å². The van der Waals surface area contributed by atoms with Gasteiger partial charge in [-0.25, -0.2) is 8.42 Å². The van der Waals surface area contributed by atoms with Gasteiger partial charge in [-0.15, -0.1) is 0 Å². The van der Waals surface area contributed by atoms with E-state index >= 15 is 0 Å². The molecule has 2 fully saturated rings. The van der Waals surface area contributed by atoms with Crippen molar-refractivity contribution in [3.8, 4) is 0 Å². The van der Waals surface area contributed by atoms with E-state index in [4.69, 9.17) is 0 Å². The number of rotatable bonds is 1. The number of nitrogens with one attached hydrogen (secondary N) is 1. The van der Waals surface area contributed by atoms with Crippen LogP contribution in [0.4, 0.5) is 0 Å². The highest BCUT2D eigenvalue weighted by Gasteiger charge is 2.33. The molecule has 0 aromatic rings. The van der Waals surface area contributed by atoms with Crippen LogP contribution in [0.5, 0.6) is 0 Å². The fraction of sp³-hybridized carbons (Fsp3) is 1.00. The second-order valence-corrected chi connectivity index (χ2v) is 6.50. The third-order valence-corrected chi connectivity index (χ3v) is 5.06. The van der Waals surface area contributed by atoms with Crippen LogP contribution in [0.3, 0.4) is 0 Å². The van der Waals surface area contributed by atoms with Crippen molar-refractivity contribution < 1.29 is 8.42 Å². The van der Waals surface area contributed by atoms with Crippen molar-refractivity contribution in [3.05, 3.63) is 0 Å². The fourth-order valence-corrected chi connectivity index (χ4v) is 4.40. The molecule has 0 aliphatic carbocycles. The first-order valence-electron chi connectivity index (χ1n) is 5.08. The number of hydrogen-bond acceptors (Lipinski definition) is 3. The van der Waals surface area contributed by atoms with Crippen LogP contribution in [0, 0.1) is 11.8 Å². The molecule has 4 heteroatoms. The number of hydrogen-bond donors (Lipinski definition) is 1. The molecule has 0 saturated carbocycles. The zero-order valence-corrected chi connectivity index (χ0v) is 8.65. The van der Waals surface area contributed by atoms with Crippen LogP contribution in [0.1, 0.15) is 19.3 Å². The smallest absolute Gasteiger partial charge is 0.150 e. The molecule has 0 amide bonds. The van der Waals surface area contributed by atoms with E-state index in [1.807, 2.05) is 0 Å². The minimum atomic E-state index is -2.67. The summed E-state index contributed by atoms with van der Waals surface area (Å²) in [6, 6.07) is 0. The molecule has 0 aromatic carbocycles. The zero-order valence-electron chi connectivity index (χ0n) is 7.83. The maximum absolute atomic E-state index is 11.3. The van der Waals surface area contributed by atoms with Gasteiger partial charge in [-0.3, -0.25) is 0 Å². The molecule has 0 bridgehead atoms. The molecule has 2 heterocycles. The highest BCUT2D eigenvalue weighted by atomic mass is 32.2. The zero-order chi connectivity index (χ0) is 9.31. The molecule has 1 N–H and O–H groups in total. The number of sulfone groups is 1. The average molecular weight is 203 g/mol. The predicted octanol–water partition coefficient (Wildman–Crippen LogP) is 0.421. The third kappa shape index (κ3) is 2.23. The molecule has 2 aliphatic heterocycles. The standard InChI is InChI=1S/C9H17NO2S/c11-13(12)5-3-9(7-13)8-2-1-4-10-6-8/h8-10H,1-7H2. The molecule has 3 nitrogen and oxygen atoms in total. The Hall–Kier alpha value is -0.0900. The summed E-state index contributed by atoms with van der Waals surface area (Å²) in [5, 5.41) is 3.34. The summed E-state index contributed by atoms with van der Waals surface area (Å²) in [6.07, 6.45) is 3.32. The van der Waals surface area contributed by atoms with Gasteiger partial charge >= 0.3 is 0 Å². The van der Waals surface area contributed by atoms with Crippen LogP contribution in [-0.2, 0) is 9.84 Å². The molecule has 2 atom stereocenters. The lowest BCUT2D eigenvalue weighted by atomic mass is 9.86. The lowest BCUT2D eigenvalue weighted by molar-refractivity contribution is 0.284. The van der Waals surface area contributed by atoms with Crippen molar-refractivity contribution in [1.82, 2.24) is 5.32 Å². The molecule has 2 aliphatic rings. The van der Waals surface area contributed by atoms with E-state index in [1.165, 1.54) is 12.8 Å². The summed E-state index contributed by atoms with van der Waals surface area (Å²) in [5.74, 6) is 1.93. The fourth-order valence-electron chi connectivity index (χ4n) is 2.48. The van der Waals surface area contributed by atoms with Gasteiger partial charge in [0.15, 0.2) is 9.84 Å². The topological polar surface area (TPSA) is 46.2 Å². The Morgan fingerprint density at radius 1 is 1.15 bits per heavy atom. The molecule has 76 valence electrons. The Bertz CT molecular complexity index is 267. The van der Waals surface area contributed by atoms with Gasteiger partial charge in [-0.2, -0.15) is 0 Å². The third-order valence-electron chi connectivity index (χ3n) is 3.27. The maximum atomic E-state index is 11.3. The van der Waals surface area contributed by atoms with E-state index in [0.717, 1.165) is 19.5 Å². The van der Waals surface area contributed by atoms with Crippen molar-refractivity contribution in [3.63, 3.8) is 0 Å². The summed E-state index contributed by atoms with van der Waals surface area (Å²) in [5.41, 5.74) is 0. The minimum absolute atomic E-state index is 0.425. The van der Waals surface area contributed by atoms with Crippen molar-refractivity contribution in [2.24, 2.45) is 11.8 Å². The Morgan fingerprint density at radius 2 is 2.00 bits per heavy atom. The van der Waals surface area contributed by atoms with Gasteiger partial charge in [0.25, 0.3) is 0 Å². The second-order valence-electron chi connectivity index (χ2n) is 4.27. The maximum Gasteiger partial charge on any atom is 0.150 e. The quantitative estimate of drug-likeness (QED) is 0.672. The van der Waals surface area contributed by atoms with Gasteiger partial charge < -0.3 is 5.32 Å². The highest BCUT2D eigenvalue weighted by molar-refractivity contribution is 7.91. The van der Waals surface area contributed by atoms with Crippen LogP contribution in [0.2, 0.25) is 0 Å². The Morgan fingerprint density at radius 3 is 2.54 bits per heavy atom. The van der Waals surface area contributed by atoms with Gasteiger partial charge in [0.2, 0.25) is 0 Å². The van der Waals surface area contributed by atoms with Crippen LogP contribution >= 0.6 is 0 Å². The van der Waals surface area contributed by atoms with Crippen LogP contribution in [0.15, 0.2) is 0 Å². The average Bonchev–Trinajstić information content (AvgIpc) is 2.48.